The Hall–Kier alpha value is -2.18. The number of aromatic nitrogens is 3. The quantitative estimate of drug-likeness (QED) is 0.387. The van der Waals surface area contributed by atoms with Crippen molar-refractivity contribution < 1.29 is 9.47 Å². The SMILES string of the molecule is COc1cccc(OC(C)c2nnc(SCc3ccccc3Cl)n2CC(C)C)c1. The van der Waals surface area contributed by atoms with Crippen LogP contribution in [0.15, 0.2) is 53.7 Å². The highest BCUT2D eigenvalue weighted by Crippen LogP contribution is 2.30. The van der Waals surface area contributed by atoms with Gasteiger partial charge in [-0.15, -0.1) is 10.2 Å². The van der Waals surface area contributed by atoms with Crippen molar-refractivity contribution in [1.82, 2.24) is 14.8 Å². The van der Waals surface area contributed by atoms with E-state index in [-0.39, 0.29) is 6.10 Å². The van der Waals surface area contributed by atoms with E-state index in [0.29, 0.717) is 5.92 Å². The van der Waals surface area contributed by atoms with E-state index in [1.807, 2.05) is 55.5 Å². The summed E-state index contributed by atoms with van der Waals surface area (Å²) in [6.45, 7) is 7.17. The molecule has 0 N–H and O–H groups in total. The van der Waals surface area contributed by atoms with Gasteiger partial charge < -0.3 is 14.0 Å². The molecule has 0 aliphatic rings. The average Bonchev–Trinajstić information content (AvgIpc) is 3.09. The Bertz CT molecular complexity index is 945. The van der Waals surface area contributed by atoms with Crippen LogP contribution in [-0.2, 0) is 12.3 Å². The molecule has 0 aliphatic heterocycles. The van der Waals surface area contributed by atoms with Crippen LogP contribution in [0.1, 0.15) is 38.3 Å². The highest BCUT2D eigenvalue weighted by Gasteiger charge is 2.20. The first kappa shape index (κ1) is 21.5. The molecule has 3 aromatic rings. The molecule has 1 atom stereocenters. The van der Waals surface area contributed by atoms with E-state index in [0.717, 1.165) is 45.4 Å². The van der Waals surface area contributed by atoms with Crippen LogP contribution in [-0.4, -0.2) is 21.9 Å². The van der Waals surface area contributed by atoms with Crippen LogP contribution in [0.2, 0.25) is 5.02 Å². The molecule has 0 radical (unpaired) electrons. The standard InChI is InChI=1S/C22H26ClN3O2S/c1-15(2)13-26-21(16(3)28-19-10-7-9-18(12-19)27-4)24-25-22(26)29-14-17-8-5-6-11-20(17)23/h5-12,15-16H,13-14H2,1-4H3. The maximum atomic E-state index is 6.30. The lowest BCUT2D eigenvalue weighted by molar-refractivity contribution is 0.207. The van der Waals surface area contributed by atoms with Crippen molar-refractivity contribution in [2.24, 2.45) is 5.92 Å². The molecule has 0 spiro atoms. The summed E-state index contributed by atoms with van der Waals surface area (Å²) in [5.74, 6) is 3.49. The third-order valence-corrected chi connectivity index (χ3v) is 5.71. The van der Waals surface area contributed by atoms with E-state index in [1.54, 1.807) is 18.9 Å². The molecule has 0 bridgehead atoms. The number of hydrogen-bond acceptors (Lipinski definition) is 5. The molecule has 7 heteroatoms. The van der Waals surface area contributed by atoms with Gasteiger partial charge in [0.2, 0.25) is 0 Å². The fraction of sp³-hybridized carbons (Fsp3) is 0.364. The van der Waals surface area contributed by atoms with E-state index >= 15 is 0 Å². The molecule has 0 aliphatic carbocycles. The molecule has 1 aromatic heterocycles. The van der Waals surface area contributed by atoms with Crippen LogP contribution in [0.25, 0.3) is 0 Å². The Morgan fingerprint density at radius 2 is 1.79 bits per heavy atom. The van der Waals surface area contributed by atoms with E-state index < -0.39 is 0 Å². The van der Waals surface area contributed by atoms with Crippen LogP contribution < -0.4 is 9.47 Å². The van der Waals surface area contributed by atoms with Crippen molar-refractivity contribution in [2.45, 2.75) is 44.3 Å². The molecule has 1 heterocycles. The fourth-order valence-corrected chi connectivity index (χ4v) is 4.17. The smallest absolute Gasteiger partial charge is 0.191 e. The summed E-state index contributed by atoms with van der Waals surface area (Å²) in [7, 11) is 1.64. The molecule has 0 saturated carbocycles. The fourth-order valence-electron chi connectivity index (χ4n) is 2.93. The Morgan fingerprint density at radius 1 is 1.03 bits per heavy atom. The van der Waals surface area contributed by atoms with Gasteiger partial charge in [-0.25, -0.2) is 0 Å². The maximum absolute atomic E-state index is 6.30. The van der Waals surface area contributed by atoms with Crippen molar-refractivity contribution in [3.05, 3.63) is 64.9 Å². The van der Waals surface area contributed by atoms with Gasteiger partial charge in [0.05, 0.1) is 7.11 Å². The number of methoxy groups -OCH3 is 1. The highest BCUT2D eigenvalue weighted by molar-refractivity contribution is 7.98. The summed E-state index contributed by atoms with van der Waals surface area (Å²) < 4.78 is 13.6. The minimum Gasteiger partial charge on any atom is -0.497 e. The van der Waals surface area contributed by atoms with Gasteiger partial charge in [-0.2, -0.15) is 0 Å². The predicted molar refractivity (Wildman–Crippen MR) is 118 cm³/mol. The second-order valence-corrected chi connectivity index (χ2v) is 8.51. The Kier molecular flexibility index (Phi) is 7.45. The summed E-state index contributed by atoms with van der Waals surface area (Å²) >= 11 is 7.94. The molecular formula is C22H26ClN3O2S. The molecule has 1 unspecified atom stereocenters. The van der Waals surface area contributed by atoms with Gasteiger partial charge in [-0.3, -0.25) is 0 Å². The van der Waals surface area contributed by atoms with Crippen molar-refractivity contribution in [3.8, 4) is 11.5 Å². The third kappa shape index (κ3) is 5.67. The normalized spacial score (nSPS) is 12.2. The van der Waals surface area contributed by atoms with E-state index in [1.165, 1.54) is 0 Å². The van der Waals surface area contributed by atoms with E-state index in [2.05, 4.69) is 28.6 Å². The first-order valence-electron chi connectivity index (χ1n) is 9.58. The minimum atomic E-state index is -0.247. The number of benzene rings is 2. The lowest BCUT2D eigenvalue weighted by Gasteiger charge is -2.18. The zero-order chi connectivity index (χ0) is 20.8. The van der Waals surface area contributed by atoms with Gasteiger partial charge in [-0.1, -0.05) is 61.5 Å². The summed E-state index contributed by atoms with van der Waals surface area (Å²) in [5, 5.41) is 10.5. The predicted octanol–water partition coefficient (Wildman–Crippen LogP) is 6.03. The topological polar surface area (TPSA) is 49.2 Å². The van der Waals surface area contributed by atoms with Crippen molar-refractivity contribution >= 4 is 23.4 Å². The van der Waals surface area contributed by atoms with Crippen LogP contribution in [0, 0.1) is 5.92 Å². The second kappa shape index (κ2) is 10.0. The summed E-state index contributed by atoms with van der Waals surface area (Å²) in [4.78, 5) is 0. The molecule has 5 nitrogen and oxygen atoms in total. The Morgan fingerprint density at radius 3 is 2.52 bits per heavy atom. The zero-order valence-electron chi connectivity index (χ0n) is 17.1. The summed E-state index contributed by atoms with van der Waals surface area (Å²) in [6, 6.07) is 15.5. The average molecular weight is 432 g/mol. The Balaban J connectivity index is 1.79. The number of halogens is 1. The number of thioether (sulfide) groups is 1. The van der Waals surface area contributed by atoms with Gasteiger partial charge in [0, 0.05) is 23.4 Å². The van der Waals surface area contributed by atoms with Gasteiger partial charge in [0.15, 0.2) is 17.1 Å². The third-order valence-electron chi connectivity index (χ3n) is 4.33. The molecule has 29 heavy (non-hydrogen) atoms. The van der Waals surface area contributed by atoms with Gasteiger partial charge >= 0.3 is 0 Å². The van der Waals surface area contributed by atoms with Crippen molar-refractivity contribution in [3.63, 3.8) is 0 Å². The highest BCUT2D eigenvalue weighted by atomic mass is 35.5. The molecule has 3 rings (SSSR count). The van der Waals surface area contributed by atoms with Gasteiger partial charge in [0.1, 0.15) is 11.5 Å². The van der Waals surface area contributed by atoms with E-state index in [9.17, 15) is 0 Å². The van der Waals surface area contributed by atoms with E-state index in [4.69, 9.17) is 21.1 Å². The largest absolute Gasteiger partial charge is 0.497 e. The van der Waals surface area contributed by atoms with Crippen LogP contribution in [0.5, 0.6) is 11.5 Å². The molecular weight excluding hydrogens is 406 g/mol. The first-order chi connectivity index (χ1) is 14.0. The summed E-state index contributed by atoms with van der Waals surface area (Å²) in [5.41, 5.74) is 1.08. The number of ether oxygens (including phenoxy) is 2. The zero-order valence-corrected chi connectivity index (χ0v) is 18.7. The maximum Gasteiger partial charge on any atom is 0.191 e. The monoisotopic (exact) mass is 431 g/mol. The molecule has 0 fully saturated rings. The van der Waals surface area contributed by atoms with Crippen LogP contribution in [0.4, 0.5) is 0 Å². The molecule has 0 saturated heterocycles. The molecule has 2 aromatic carbocycles. The number of nitrogens with zero attached hydrogens (tertiary/aromatic N) is 3. The lowest BCUT2D eigenvalue weighted by atomic mass is 10.2. The van der Waals surface area contributed by atoms with Gasteiger partial charge in [0.25, 0.3) is 0 Å². The lowest BCUT2D eigenvalue weighted by Crippen LogP contribution is -2.15. The second-order valence-electron chi connectivity index (χ2n) is 7.16. The van der Waals surface area contributed by atoms with Crippen molar-refractivity contribution in [1.29, 1.82) is 0 Å². The van der Waals surface area contributed by atoms with Crippen LogP contribution in [0.3, 0.4) is 0 Å². The van der Waals surface area contributed by atoms with Gasteiger partial charge in [-0.05, 0) is 36.6 Å². The minimum absolute atomic E-state index is 0.247. The molecule has 154 valence electrons. The number of hydrogen-bond donors (Lipinski definition) is 0. The Labute approximate surface area is 181 Å². The van der Waals surface area contributed by atoms with Crippen molar-refractivity contribution in [2.75, 3.05) is 7.11 Å². The number of rotatable bonds is 9. The molecule has 0 amide bonds. The van der Waals surface area contributed by atoms with Crippen LogP contribution >= 0.6 is 23.4 Å². The summed E-state index contributed by atoms with van der Waals surface area (Å²) in [6.07, 6.45) is -0.247. The first-order valence-corrected chi connectivity index (χ1v) is 10.9.